The van der Waals surface area contributed by atoms with Crippen LogP contribution in [0.25, 0.3) is 0 Å². The van der Waals surface area contributed by atoms with Crippen molar-refractivity contribution >= 4 is 23.6 Å². The van der Waals surface area contributed by atoms with Crippen LogP contribution < -0.4 is 0 Å². The molecule has 1 unspecified atom stereocenters. The largest absolute Gasteiger partial charge is 0.478 e. The van der Waals surface area contributed by atoms with Crippen molar-refractivity contribution in [3.05, 3.63) is 29.6 Å². The standard InChI is InChI=1S/C12H14N2O3S/c1-8-7-14(5-6-18-8)11(15)10-9(12(16)17)3-2-4-13-10/h2-4,8H,5-7H2,1H3,(H,16,17). The minimum absolute atomic E-state index is 0.0316. The number of aromatic carboxylic acids is 1. The molecule has 1 aromatic rings. The van der Waals surface area contributed by atoms with Crippen LogP contribution in [0.1, 0.15) is 27.8 Å². The van der Waals surface area contributed by atoms with Crippen molar-refractivity contribution in [2.75, 3.05) is 18.8 Å². The average Bonchev–Trinajstić information content (AvgIpc) is 2.38. The third-order valence-electron chi connectivity index (χ3n) is 2.77. The first-order valence-electron chi connectivity index (χ1n) is 5.69. The zero-order valence-electron chi connectivity index (χ0n) is 10.00. The van der Waals surface area contributed by atoms with E-state index in [1.54, 1.807) is 4.90 Å². The summed E-state index contributed by atoms with van der Waals surface area (Å²) in [5.74, 6) is -0.534. The summed E-state index contributed by atoms with van der Waals surface area (Å²) in [6, 6.07) is 2.93. The van der Waals surface area contributed by atoms with Crippen molar-refractivity contribution < 1.29 is 14.7 Å². The Morgan fingerprint density at radius 1 is 1.56 bits per heavy atom. The SMILES string of the molecule is CC1CN(C(=O)c2ncccc2C(=O)O)CCS1. The van der Waals surface area contributed by atoms with Crippen molar-refractivity contribution in [1.82, 2.24) is 9.88 Å². The Hall–Kier alpha value is -1.56. The second-order valence-corrected chi connectivity index (χ2v) is 5.68. The number of carbonyl (C=O) groups excluding carboxylic acids is 1. The highest BCUT2D eigenvalue weighted by atomic mass is 32.2. The smallest absolute Gasteiger partial charge is 0.338 e. The first-order chi connectivity index (χ1) is 8.59. The molecule has 0 bridgehead atoms. The van der Waals surface area contributed by atoms with Crippen molar-refractivity contribution in [3.63, 3.8) is 0 Å². The molecule has 0 aromatic carbocycles. The van der Waals surface area contributed by atoms with Gasteiger partial charge in [0.25, 0.3) is 5.91 Å². The number of amides is 1. The molecule has 1 atom stereocenters. The lowest BCUT2D eigenvalue weighted by atomic mass is 10.1. The van der Waals surface area contributed by atoms with Crippen LogP contribution in [-0.2, 0) is 0 Å². The Morgan fingerprint density at radius 2 is 2.33 bits per heavy atom. The highest BCUT2D eigenvalue weighted by Gasteiger charge is 2.26. The Bertz CT molecular complexity index is 478. The zero-order valence-corrected chi connectivity index (χ0v) is 10.8. The van der Waals surface area contributed by atoms with E-state index < -0.39 is 5.97 Å². The predicted octanol–water partition coefficient (Wildman–Crippen LogP) is 1.36. The lowest BCUT2D eigenvalue weighted by molar-refractivity contribution is 0.0673. The first-order valence-corrected chi connectivity index (χ1v) is 6.73. The number of hydrogen-bond donors (Lipinski definition) is 1. The number of carboxylic acids is 1. The molecule has 1 fully saturated rings. The molecule has 0 radical (unpaired) electrons. The molecular formula is C12H14N2O3S. The molecule has 96 valence electrons. The molecule has 6 heteroatoms. The molecule has 1 aliphatic rings. The van der Waals surface area contributed by atoms with Gasteiger partial charge in [-0.15, -0.1) is 0 Å². The van der Waals surface area contributed by atoms with E-state index in [9.17, 15) is 9.59 Å². The Balaban J connectivity index is 2.25. The summed E-state index contributed by atoms with van der Waals surface area (Å²) in [6.07, 6.45) is 1.45. The van der Waals surface area contributed by atoms with E-state index in [2.05, 4.69) is 11.9 Å². The molecule has 1 N–H and O–H groups in total. The van der Waals surface area contributed by atoms with Crippen molar-refractivity contribution in [2.45, 2.75) is 12.2 Å². The molecule has 5 nitrogen and oxygen atoms in total. The highest BCUT2D eigenvalue weighted by Crippen LogP contribution is 2.20. The number of rotatable bonds is 2. The topological polar surface area (TPSA) is 70.5 Å². The summed E-state index contributed by atoms with van der Waals surface area (Å²) >= 11 is 1.81. The Morgan fingerprint density at radius 3 is 3.00 bits per heavy atom. The number of carbonyl (C=O) groups is 2. The van der Waals surface area contributed by atoms with Crippen LogP contribution in [0.15, 0.2) is 18.3 Å². The zero-order chi connectivity index (χ0) is 13.1. The van der Waals surface area contributed by atoms with Gasteiger partial charge in [0.2, 0.25) is 0 Å². The van der Waals surface area contributed by atoms with E-state index in [4.69, 9.17) is 5.11 Å². The molecule has 1 saturated heterocycles. The summed E-state index contributed by atoms with van der Waals surface area (Å²) in [6.45, 7) is 3.34. The normalized spacial score (nSPS) is 19.6. The third-order valence-corrected chi connectivity index (χ3v) is 3.91. The van der Waals surface area contributed by atoms with Gasteiger partial charge in [-0.1, -0.05) is 6.92 Å². The summed E-state index contributed by atoms with van der Waals surface area (Å²) in [5, 5.41) is 9.42. The van der Waals surface area contributed by atoms with E-state index in [1.807, 2.05) is 11.8 Å². The first kappa shape index (κ1) is 12.9. The Labute approximate surface area is 109 Å². The fraction of sp³-hybridized carbons (Fsp3) is 0.417. The lowest BCUT2D eigenvalue weighted by Crippen LogP contribution is -2.41. The van der Waals surface area contributed by atoms with Gasteiger partial charge in [-0.25, -0.2) is 4.79 Å². The van der Waals surface area contributed by atoms with Crippen molar-refractivity contribution in [1.29, 1.82) is 0 Å². The van der Waals surface area contributed by atoms with Gasteiger partial charge in [0.05, 0.1) is 5.56 Å². The van der Waals surface area contributed by atoms with E-state index in [0.29, 0.717) is 18.3 Å². The fourth-order valence-corrected chi connectivity index (χ4v) is 2.91. The summed E-state index contributed by atoms with van der Waals surface area (Å²) in [4.78, 5) is 28.9. The molecule has 2 rings (SSSR count). The monoisotopic (exact) mass is 266 g/mol. The number of aromatic nitrogens is 1. The van der Waals surface area contributed by atoms with E-state index in [-0.39, 0.29) is 17.2 Å². The molecule has 0 saturated carbocycles. The minimum atomic E-state index is -1.12. The van der Waals surface area contributed by atoms with Crippen LogP contribution >= 0.6 is 11.8 Å². The van der Waals surface area contributed by atoms with Gasteiger partial charge in [0.15, 0.2) is 0 Å². The quantitative estimate of drug-likeness (QED) is 0.875. The van der Waals surface area contributed by atoms with Crippen LogP contribution in [0.2, 0.25) is 0 Å². The number of carboxylic acid groups (broad SMARTS) is 1. The van der Waals surface area contributed by atoms with Crippen LogP contribution in [0, 0.1) is 0 Å². The molecule has 1 amide bonds. The van der Waals surface area contributed by atoms with Crippen LogP contribution in [0.5, 0.6) is 0 Å². The second-order valence-electron chi connectivity index (χ2n) is 4.14. The fourth-order valence-electron chi connectivity index (χ4n) is 1.90. The Kier molecular flexibility index (Phi) is 3.86. The second kappa shape index (κ2) is 5.39. The number of thioether (sulfide) groups is 1. The molecule has 1 aliphatic heterocycles. The molecule has 0 aliphatic carbocycles. The number of nitrogens with zero attached hydrogens (tertiary/aromatic N) is 2. The van der Waals surface area contributed by atoms with Crippen LogP contribution in [0.3, 0.4) is 0 Å². The maximum atomic E-state index is 12.3. The van der Waals surface area contributed by atoms with Crippen LogP contribution in [0.4, 0.5) is 0 Å². The minimum Gasteiger partial charge on any atom is -0.478 e. The van der Waals surface area contributed by atoms with Gasteiger partial charge < -0.3 is 10.0 Å². The van der Waals surface area contributed by atoms with E-state index in [0.717, 1.165) is 5.75 Å². The maximum absolute atomic E-state index is 12.3. The van der Waals surface area contributed by atoms with E-state index in [1.165, 1.54) is 18.3 Å². The predicted molar refractivity (Wildman–Crippen MR) is 69.0 cm³/mol. The van der Waals surface area contributed by atoms with Gasteiger partial charge in [0.1, 0.15) is 5.69 Å². The van der Waals surface area contributed by atoms with Gasteiger partial charge in [-0.05, 0) is 12.1 Å². The molecule has 18 heavy (non-hydrogen) atoms. The highest BCUT2D eigenvalue weighted by molar-refractivity contribution is 7.99. The van der Waals surface area contributed by atoms with Crippen LogP contribution in [-0.4, -0.2) is 51.0 Å². The summed E-state index contributed by atoms with van der Waals surface area (Å²) < 4.78 is 0. The molecular weight excluding hydrogens is 252 g/mol. The molecule has 2 heterocycles. The summed E-state index contributed by atoms with van der Waals surface area (Å²) in [7, 11) is 0. The molecule has 0 spiro atoms. The maximum Gasteiger partial charge on any atom is 0.338 e. The number of hydrogen-bond acceptors (Lipinski definition) is 4. The van der Waals surface area contributed by atoms with Crippen molar-refractivity contribution in [2.24, 2.45) is 0 Å². The van der Waals surface area contributed by atoms with Gasteiger partial charge in [-0.3, -0.25) is 9.78 Å². The van der Waals surface area contributed by atoms with Crippen molar-refractivity contribution in [3.8, 4) is 0 Å². The molecule has 1 aromatic heterocycles. The lowest BCUT2D eigenvalue weighted by Gasteiger charge is -2.30. The summed E-state index contributed by atoms with van der Waals surface area (Å²) in [5.41, 5.74) is -0.00233. The number of pyridine rings is 1. The van der Waals surface area contributed by atoms with Gasteiger partial charge in [-0.2, -0.15) is 11.8 Å². The van der Waals surface area contributed by atoms with E-state index >= 15 is 0 Å². The van der Waals surface area contributed by atoms with Gasteiger partial charge >= 0.3 is 5.97 Å². The third kappa shape index (κ3) is 2.64. The van der Waals surface area contributed by atoms with Gasteiger partial charge in [0, 0.05) is 30.3 Å². The average molecular weight is 266 g/mol.